The number of hydrogen-bond donors (Lipinski definition) is 0. The van der Waals surface area contributed by atoms with Crippen LogP contribution in [0.2, 0.25) is 0 Å². The first-order valence-corrected chi connectivity index (χ1v) is 7.42. The van der Waals surface area contributed by atoms with Crippen LogP contribution in [0.3, 0.4) is 0 Å². The summed E-state index contributed by atoms with van der Waals surface area (Å²) in [5.41, 5.74) is 5.01. The highest BCUT2D eigenvalue weighted by atomic mass is 16.5. The van der Waals surface area contributed by atoms with E-state index in [0.29, 0.717) is 12.2 Å². The van der Waals surface area contributed by atoms with Gasteiger partial charge in [0.1, 0.15) is 18.6 Å². The molecular weight excluding hydrogens is 274 g/mol. The van der Waals surface area contributed by atoms with Crippen molar-refractivity contribution in [3.05, 3.63) is 64.2 Å². The Morgan fingerprint density at radius 3 is 2.36 bits per heavy atom. The summed E-state index contributed by atoms with van der Waals surface area (Å²) in [6, 6.07) is 12.0. The minimum atomic E-state index is 0.404. The molecule has 0 saturated carbocycles. The topological polar surface area (TPSA) is 29.5 Å². The minimum Gasteiger partial charge on any atom is -0.488 e. The number of aryl methyl sites for hydroxylation is 2. The lowest BCUT2D eigenvalue weighted by Gasteiger charge is -2.15. The third kappa shape index (κ3) is 3.95. The van der Waals surface area contributed by atoms with E-state index in [1.807, 2.05) is 58.3 Å². The van der Waals surface area contributed by atoms with Gasteiger partial charge in [-0.05, 0) is 44.6 Å². The predicted molar refractivity (Wildman–Crippen MR) is 89.5 cm³/mol. The second kappa shape index (κ2) is 7.23. The van der Waals surface area contributed by atoms with Crippen LogP contribution in [-0.4, -0.2) is 25.3 Å². The number of benzene rings is 2. The molecule has 116 valence electrons. The molecule has 0 N–H and O–H groups in total. The molecule has 0 atom stereocenters. The minimum absolute atomic E-state index is 0.404. The lowest BCUT2D eigenvalue weighted by Crippen LogP contribution is -2.11. The highest BCUT2D eigenvalue weighted by Crippen LogP contribution is 2.24. The van der Waals surface area contributed by atoms with Crippen LogP contribution in [0.1, 0.15) is 32.6 Å². The third-order valence-corrected chi connectivity index (χ3v) is 3.61. The molecular formula is C19H23NO2. The van der Waals surface area contributed by atoms with Crippen molar-refractivity contribution in [2.24, 2.45) is 0 Å². The van der Waals surface area contributed by atoms with Gasteiger partial charge in [-0.15, -0.1) is 0 Å². The number of carbonyl (C=O) groups excluding carboxylic acids is 1. The molecule has 0 saturated heterocycles. The molecule has 3 heteroatoms. The van der Waals surface area contributed by atoms with Crippen molar-refractivity contribution < 1.29 is 9.53 Å². The molecule has 0 spiro atoms. The van der Waals surface area contributed by atoms with Gasteiger partial charge in [0, 0.05) is 17.7 Å². The molecule has 2 rings (SSSR count). The second-order valence-corrected chi connectivity index (χ2v) is 5.90. The largest absolute Gasteiger partial charge is 0.488 e. The molecule has 0 unspecified atom stereocenters. The smallest absolute Gasteiger partial charge is 0.150 e. The number of ether oxygens (including phenoxy) is 1. The fourth-order valence-electron chi connectivity index (χ4n) is 2.54. The van der Waals surface area contributed by atoms with Gasteiger partial charge in [0.25, 0.3) is 0 Å². The molecule has 0 aliphatic heterocycles. The van der Waals surface area contributed by atoms with Crippen molar-refractivity contribution in [1.29, 1.82) is 0 Å². The van der Waals surface area contributed by atoms with E-state index in [0.717, 1.165) is 35.3 Å². The monoisotopic (exact) mass is 297 g/mol. The average molecular weight is 297 g/mol. The summed E-state index contributed by atoms with van der Waals surface area (Å²) >= 11 is 0. The summed E-state index contributed by atoms with van der Waals surface area (Å²) in [5.74, 6) is 0.900. The van der Waals surface area contributed by atoms with Gasteiger partial charge in [-0.3, -0.25) is 4.79 Å². The molecule has 0 aliphatic carbocycles. The van der Waals surface area contributed by atoms with Crippen molar-refractivity contribution in [3.63, 3.8) is 0 Å². The lowest BCUT2D eigenvalue weighted by molar-refractivity contribution is 0.112. The maximum absolute atomic E-state index is 11.2. The van der Waals surface area contributed by atoms with Crippen LogP contribution >= 0.6 is 0 Å². The molecule has 3 nitrogen and oxygen atoms in total. The Morgan fingerprint density at radius 1 is 1.09 bits per heavy atom. The van der Waals surface area contributed by atoms with E-state index in [4.69, 9.17) is 4.74 Å². The zero-order chi connectivity index (χ0) is 16.1. The molecule has 0 radical (unpaired) electrons. The van der Waals surface area contributed by atoms with Crippen LogP contribution in [0.5, 0.6) is 5.75 Å². The van der Waals surface area contributed by atoms with Crippen LogP contribution in [-0.2, 0) is 13.2 Å². The molecule has 0 aromatic heterocycles. The molecule has 0 heterocycles. The molecule has 0 amide bonds. The first-order chi connectivity index (χ1) is 10.5. The summed E-state index contributed by atoms with van der Waals surface area (Å²) in [6.07, 6.45) is 0.892. The fraction of sp³-hybridized carbons (Fsp3) is 0.316. The number of nitrogens with zero attached hydrogens (tertiary/aromatic N) is 1. The van der Waals surface area contributed by atoms with Crippen molar-refractivity contribution in [1.82, 2.24) is 4.90 Å². The zero-order valence-corrected chi connectivity index (χ0v) is 13.7. The molecule has 0 bridgehead atoms. The van der Waals surface area contributed by atoms with E-state index in [2.05, 4.69) is 11.0 Å². The van der Waals surface area contributed by atoms with E-state index < -0.39 is 0 Å². The van der Waals surface area contributed by atoms with Crippen LogP contribution in [0.25, 0.3) is 0 Å². The van der Waals surface area contributed by atoms with Gasteiger partial charge in [0.05, 0.1) is 0 Å². The third-order valence-electron chi connectivity index (χ3n) is 3.61. The first kappa shape index (κ1) is 16.2. The maximum atomic E-state index is 11.2. The Kier molecular flexibility index (Phi) is 5.34. The van der Waals surface area contributed by atoms with E-state index in [1.54, 1.807) is 0 Å². The summed E-state index contributed by atoms with van der Waals surface area (Å²) < 4.78 is 5.98. The van der Waals surface area contributed by atoms with Crippen LogP contribution < -0.4 is 4.74 Å². The Labute approximate surface area is 132 Å². The van der Waals surface area contributed by atoms with E-state index in [1.165, 1.54) is 5.56 Å². The number of carbonyl (C=O) groups is 1. The average Bonchev–Trinajstić information content (AvgIpc) is 2.46. The fourth-order valence-corrected chi connectivity index (χ4v) is 2.54. The summed E-state index contributed by atoms with van der Waals surface area (Å²) in [7, 11) is 4.06. The highest BCUT2D eigenvalue weighted by Gasteiger charge is 2.08. The molecule has 0 fully saturated rings. The molecule has 22 heavy (non-hydrogen) atoms. The van der Waals surface area contributed by atoms with Crippen molar-refractivity contribution in [3.8, 4) is 5.75 Å². The van der Waals surface area contributed by atoms with Gasteiger partial charge >= 0.3 is 0 Å². The quantitative estimate of drug-likeness (QED) is 0.760. The molecule has 2 aromatic carbocycles. The standard InChI is InChI=1S/C19H23NO2/c1-14-6-5-7-15(2)19(14)22-13-18-10-16(11-20(3)4)8-9-17(18)12-21/h5-10,12H,11,13H2,1-4H3. The number of aldehydes is 1. The Hall–Kier alpha value is -2.13. The second-order valence-electron chi connectivity index (χ2n) is 5.90. The van der Waals surface area contributed by atoms with Gasteiger partial charge in [-0.1, -0.05) is 36.4 Å². The predicted octanol–water partition coefficient (Wildman–Crippen LogP) is 3.76. The van der Waals surface area contributed by atoms with Crippen LogP contribution in [0, 0.1) is 13.8 Å². The van der Waals surface area contributed by atoms with Crippen molar-refractivity contribution >= 4 is 6.29 Å². The van der Waals surface area contributed by atoms with Crippen LogP contribution in [0.4, 0.5) is 0 Å². The van der Waals surface area contributed by atoms with Gasteiger partial charge in [-0.2, -0.15) is 0 Å². The van der Waals surface area contributed by atoms with Crippen molar-refractivity contribution in [2.45, 2.75) is 27.0 Å². The summed E-state index contributed by atoms with van der Waals surface area (Å²) in [6.45, 7) is 5.31. The molecule has 0 aliphatic rings. The maximum Gasteiger partial charge on any atom is 0.150 e. The highest BCUT2D eigenvalue weighted by molar-refractivity contribution is 5.77. The van der Waals surface area contributed by atoms with Gasteiger partial charge in [0.2, 0.25) is 0 Å². The van der Waals surface area contributed by atoms with E-state index >= 15 is 0 Å². The van der Waals surface area contributed by atoms with Gasteiger partial charge < -0.3 is 9.64 Å². The Morgan fingerprint density at radius 2 is 1.77 bits per heavy atom. The summed E-state index contributed by atoms with van der Waals surface area (Å²) in [5, 5.41) is 0. The molecule has 2 aromatic rings. The number of hydrogen-bond acceptors (Lipinski definition) is 3. The SMILES string of the molecule is Cc1cccc(C)c1OCc1cc(CN(C)C)ccc1C=O. The Bertz CT molecular complexity index is 642. The summed E-state index contributed by atoms with van der Waals surface area (Å²) in [4.78, 5) is 13.3. The van der Waals surface area contributed by atoms with E-state index in [-0.39, 0.29) is 0 Å². The first-order valence-electron chi connectivity index (χ1n) is 7.42. The normalized spacial score (nSPS) is 10.8. The van der Waals surface area contributed by atoms with E-state index in [9.17, 15) is 4.79 Å². The number of rotatable bonds is 6. The zero-order valence-electron chi connectivity index (χ0n) is 13.7. The van der Waals surface area contributed by atoms with Crippen LogP contribution in [0.15, 0.2) is 36.4 Å². The number of para-hydroxylation sites is 1. The van der Waals surface area contributed by atoms with Gasteiger partial charge in [0.15, 0.2) is 0 Å². The van der Waals surface area contributed by atoms with Crippen molar-refractivity contribution in [2.75, 3.05) is 14.1 Å². The van der Waals surface area contributed by atoms with Gasteiger partial charge in [-0.25, -0.2) is 0 Å². The Balaban J connectivity index is 2.22. The lowest BCUT2D eigenvalue weighted by atomic mass is 10.0.